The molecule has 0 atom stereocenters. The Hall–Kier alpha value is -5.02. The monoisotopic (exact) mass is 512 g/mol. The zero-order valence-corrected chi connectivity index (χ0v) is 21.7. The summed E-state index contributed by atoms with van der Waals surface area (Å²) in [5.74, 6) is 4.62. The second-order valence-corrected chi connectivity index (χ2v) is 8.43. The predicted molar refractivity (Wildman–Crippen MR) is 149 cm³/mol. The van der Waals surface area contributed by atoms with E-state index in [1.807, 2.05) is 62.3 Å². The van der Waals surface area contributed by atoms with Gasteiger partial charge in [-0.15, -0.1) is 0 Å². The summed E-state index contributed by atoms with van der Waals surface area (Å²) < 4.78 is 20.8. The van der Waals surface area contributed by atoms with Gasteiger partial charge in [0.1, 0.15) is 23.1 Å². The lowest BCUT2D eigenvalue weighted by molar-refractivity contribution is -0.111. The molecule has 0 unspecified atom stereocenters. The fourth-order valence-electron chi connectivity index (χ4n) is 3.66. The summed E-state index contributed by atoms with van der Waals surface area (Å²) in [6, 6.07) is 16.0. The molecule has 0 radical (unpaired) electrons. The fourth-order valence-corrected chi connectivity index (χ4v) is 3.66. The molecule has 9 heteroatoms. The first kappa shape index (κ1) is 27.6. The highest BCUT2D eigenvalue weighted by Gasteiger charge is 2.14. The number of anilines is 3. The molecule has 0 bridgehead atoms. The molecule has 0 aliphatic carbocycles. The van der Waals surface area contributed by atoms with Crippen LogP contribution >= 0.6 is 0 Å². The minimum atomic E-state index is -0.858. The van der Waals surface area contributed by atoms with Gasteiger partial charge >= 0.3 is 0 Å². The van der Waals surface area contributed by atoms with Crippen LogP contribution in [-0.2, 0) is 11.2 Å². The number of likely N-dealkylation sites (N-methyl/N-ethyl adjacent to an activating group) is 1. The number of aliphatic imine (C=N–C) groups is 1. The number of nitriles is 1. The molecular weight excluding hydrogens is 483 g/mol. The molecule has 0 spiro atoms. The summed E-state index contributed by atoms with van der Waals surface area (Å²) in [6.45, 7) is 4.03. The van der Waals surface area contributed by atoms with Crippen LogP contribution in [0.5, 0.6) is 11.5 Å². The Morgan fingerprint density at radius 3 is 2.66 bits per heavy atom. The molecule has 0 saturated heterocycles. The molecule has 1 amide bonds. The molecular formula is C29H29FN6O2. The van der Waals surface area contributed by atoms with Gasteiger partial charge in [-0.25, -0.2) is 9.38 Å². The minimum Gasteiger partial charge on any atom is -0.457 e. The van der Waals surface area contributed by atoms with Crippen molar-refractivity contribution < 1.29 is 13.9 Å². The Kier molecular flexibility index (Phi) is 9.28. The Morgan fingerprint density at radius 1 is 1.21 bits per heavy atom. The first-order valence-electron chi connectivity index (χ1n) is 11.8. The largest absolute Gasteiger partial charge is 0.457 e. The van der Waals surface area contributed by atoms with Gasteiger partial charge in [0.05, 0.1) is 17.7 Å². The number of hydrogen-bond acceptors (Lipinski definition) is 6. The van der Waals surface area contributed by atoms with E-state index < -0.39 is 11.7 Å². The van der Waals surface area contributed by atoms with E-state index in [0.29, 0.717) is 24.4 Å². The molecule has 3 aromatic rings. The molecule has 194 valence electrons. The highest BCUT2D eigenvalue weighted by molar-refractivity contribution is 6.04. The standard InChI is InChI=1S/C29H29FN6O2/c1-5-6-28(37)35-26-11-10-25(23(17-31)29(26)30)34-18-36(4)14-13-20-16-22(8-9-24(20)33-3)38-27-12-7-21(32)15-19(27)2/h7-12,15-16,18,33H,13-14,32H2,1-4H3,(H,35,37)/b34-18+. The van der Waals surface area contributed by atoms with Gasteiger partial charge in [-0.3, -0.25) is 4.79 Å². The quantitative estimate of drug-likeness (QED) is 0.157. The molecule has 0 fully saturated rings. The summed E-state index contributed by atoms with van der Waals surface area (Å²) in [7, 11) is 3.69. The maximum absolute atomic E-state index is 14.8. The first-order valence-corrected chi connectivity index (χ1v) is 11.8. The smallest absolute Gasteiger partial charge is 0.300 e. The number of aryl methyl sites for hydroxylation is 1. The van der Waals surface area contributed by atoms with Gasteiger partial charge < -0.3 is 26.0 Å². The third-order valence-electron chi connectivity index (χ3n) is 5.62. The third-order valence-corrected chi connectivity index (χ3v) is 5.62. The zero-order chi connectivity index (χ0) is 27.7. The van der Waals surface area contributed by atoms with Crippen molar-refractivity contribution in [3.8, 4) is 29.4 Å². The Labute approximate surface area is 221 Å². The van der Waals surface area contributed by atoms with Crippen LogP contribution in [-0.4, -0.2) is 37.8 Å². The number of nitrogens with zero attached hydrogens (tertiary/aromatic N) is 3. The van der Waals surface area contributed by atoms with Crippen molar-refractivity contribution in [3.05, 3.63) is 71.0 Å². The summed E-state index contributed by atoms with van der Waals surface area (Å²) >= 11 is 0. The van der Waals surface area contributed by atoms with Gasteiger partial charge in [0, 0.05) is 32.0 Å². The number of nitrogens with one attached hydrogen (secondary N) is 2. The molecule has 3 rings (SSSR count). The number of rotatable bonds is 9. The Bertz CT molecular complexity index is 1470. The van der Waals surface area contributed by atoms with Crippen LogP contribution in [0, 0.1) is 35.9 Å². The number of halogens is 1. The minimum absolute atomic E-state index is 0.127. The van der Waals surface area contributed by atoms with Crippen molar-refractivity contribution in [2.75, 3.05) is 37.0 Å². The zero-order valence-electron chi connectivity index (χ0n) is 21.7. The van der Waals surface area contributed by atoms with E-state index in [-0.39, 0.29) is 16.9 Å². The van der Waals surface area contributed by atoms with Gasteiger partial charge in [0.2, 0.25) is 0 Å². The van der Waals surface area contributed by atoms with Crippen molar-refractivity contribution in [1.82, 2.24) is 4.90 Å². The van der Waals surface area contributed by atoms with Crippen molar-refractivity contribution in [2.45, 2.75) is 20.3 Å². The molecule has 38 heavy (non-hydrogen) atoms. The number of hydrogen-bond donors (Lipinski definition) is 3. The van der Waals surface area contributed by atoms with Crippen molar-refractivity contribution in [3.63, 3.8) is 0 Å². The second-order valence-electron chi connectivity index (χ2n) is 8.43. The van der Waals surface area contributed by atoms with Gasteiger partial charge in [-0.2, -0.15) is 5.26 Å². The van der Waals surface area contributed by atoms with E-state index in [1.165, 1.54) is 25.4 Å². The molecule has 0 aliphatic rings. The topological polar surface area (TPSA) is 116 Å². The van der Waals surface area contributed by atoms with E-state index in [2.05, 4.69) is 27.5 Å². The highest BCUT2D eigenvalue weighted by atomic mass is 19.1. The van der Waals surface area contributed by atoms with Gasteiger partial charge in [0.15, 0.2) is 5.82 Å². The van der Waals surface area contributed by atoms with E-state index in [4.69, 9.17) is 10.5 Å². The normalized spacial score (nSPS) is 10.3. The Morgan fingerprint density at radius 2 is 1.97 bits per heavy atom. The van der Waals surface area contributed by atoms with Crippen LogP contribution < -0.4 is 21.1 Å². The molecule has 0 saturated carbocycles. The predicted octanol–water partition coefficient (Wildman–Crippen LogP) is 5.22. The number of ether oxygens (including phenoxy) is 1. The molecule has 8 nitrogen and oxygen atoms in total. The lowest BCUT2D eigenvalue weighted by atomic mass is 10.1. The van der Waals surface area contributed by atoms with Gasteiger partial charge in [0.25, 0.3) is 5.91 Å². The fraction of sp³-hybridized carbons (Fsp3) is 0.207. The van der Waals surface area contributed by atoms with E-state index in [9.17, 15) is 14.4 Å². The number of nitrogens with two attached hydrogens (primary N) is 1. The van der Waals surface area contributed by atoms with Gasteiger partial charge in [-0.1, -0.05) is 5.92 Å². The first-order chi connectivity index (χ1) is 18.2. The summed E-state index contributed by atoms with van der Waals surface area (Å²) in [4.78, 5) is 17.8. The number of nitrogen functional groups attached to an aromatic ring is 1. The van der Waals surface area contributed by atoms with Crippen LogP contribution in [0.25, 0.3) is 0 Å². The molecule has 0 aromatic heterocycles. The van der Waals surface area contributed by atoms with E-state index in [1.54, 1.807) is 6.07 Å². The number of carbonyl (C=O) groups excluding carboxylic acids is 1. The lowest BCUT2D eigenvalue weighted by Crippen LogP contribution is -2.19. The van der Waals surface area contributed by atoms with E-state index in [0.717, 1.165) is 22.6 Å². The van der Waals surface area contributed by atoms with E-state index >= 15 is 0 Å². The van der Waals surface area contributed by atoms with Gasteiger partial charge in [-0.05, 0) is 85.8 Å². The number of amides is 1. The average molecular weight is 513 g/mol. The lowest BCUT2D eigenvalue weighted by Gasteiger charge is -2.17. The average Bonchev–Trinajstić information content (AvgIpc) is 2.89. The van der Waals surface area contributed by atoms with Crippen molar-refractivity contribution in [1.29, 1.82) is 5.26 Å². The molecule has 3 aromatic carbocycles. The second kappa shape index (κ2) is 12.8. The number of carbonyl (C=O) groups is 1. The van der Waals surface area contributed by atoms with Crippen molar-refractivity contribution in [2.24, 2.45) is 4.99 Å². The number of benzene rings is 3. The Balaban J connectivity index is 1.71. The van der Waals surface area contributed by atoms with Crippen LogP contribution in [0.15, 0.2) is 53.5 Å². The maximum Gasteiger partial charge on any atom is 0.300 e. The highest BCUT2D eigenvalue weighted by Crippen LogP contribution is 2.30. The molecule has 4 N–H and O–H groups in total. The third kappa shape index (κ3) is 7.02. The summed E-state index contributed by atoms with van der Waals surface area (Å²) in [5, 5.41) is 15.0. The summed E-state index contributed by atoms with van der Waals surface area (Å²) in [6.07, 6.45) is 2.20. The molecule has 0 heterocycles. The van der Waals surface area contributed by atoms with Crippen LogP contribution in [0.1, 0.15) is 23.6 Å². The SMILES string of the molecule is CC#CC(=O)Nc1ccc(/N=C/N(C)CCc2cc(Oc3ccc(N)cc3C)ccc2NC)c(C#N)c1F. The molecule has 0 aliphatic heterocycles. The van der Waals surface area contributed by atoms with Crippen LogP contribution in [0.2, 0.25) is 0 Å². The summed E-state index contributed by atoms with van der Waals surface area (Å²) in [5.41, 5.74) is 9.23. The maximum atomic E-state index is 14.8. The van der Waals surface area contributed by atoms with Crippen LogP contribution in [0.3, 0.4) is 0 Å². The van der Waals surface area contributed by atoms with Crippen LogP contribution in [0.4, 0.5) is 27.1 Å². The van der Waals surface area contributed by atoms with Crippen molar-refractivity contribution >= 4 is 35.0 Å².